The Kier molecular flexibility index (Phi) is 3.45. The number of fused-ring (bicyclic) bond motifs is 6. The Balaban J connectivity index is 1.99. The minimum atomic E-state index is -0.422. The van der Waals surface area contributed by atoms with Crippen molar-refractivity contribution >= 4 is 5.57 Å². The molecule has 0 amide bonds. The van der Waals surface area contributed by atoms with Crippen LogP contribution >= 0.6 is 0 Å². The largest absolute Gasteiger partial charge is 0.457 e. The third-order valence-corrected chi connectivity index (χ3v) is 5.79. The highest BCUT2D eigenvalue weighted by Gasteiger charge is 2.51. The van der Waals surface area contributed by atoms with E-state index in [-0.39, 0.29) is 0 Å². The van der Waals surface area contributed by atoms with Gasteiger partial charge >= 0.3 is 0 Å². The van der Waals surface area contributed by atoms with Gasteiger partial charge in [0.05, 0.1) is 5.41 Å². The molecule has 0 radical (unpaired) electrons. The van der Waals surface area contributed by atoms with Crippen molar-refractivity contribution in [2.45, 2.75) is 11.8 Å². The van der Waals surface area contributed by atoms with Crippen LogP contribution in [0.1, 0.15) is 23.1 Å². The van der Waals surface area contributed by atoms with Crippen molar-refractivity contribution < 1.29 is 4.74 Å². The van der Waals surface area contributed by atoms with E-state index in [4.69, 9.17) is 4.74 Å². The average Bonchev–Trinajstić information content (AvgIpc) is 2.86. The molecule has 2 aliphatic carbocycles. The van der Waals surface area contributed by atoms with E-state index < -0.39 is 5.41 Å². The number of benzene rings is 2. The topological polar surface area (TPSA) is 9.23 Å². The molecule has 1 heteroatoms. The van der Waals surface area contributed by atoms with E-state index in [1.165, 1.54) is 22.3 Å². The fourth-order valence-electron chi connectivity index (χ4n) is 4.81. The van der Waals surface area contributed by atoms with Gasteiger partial charge in [0.1, 0.15) is 11.5 Å². The first kappa shape index (κ1) is 15.9. The number of hydrogen-bond acceptors (Lipinski definition) is 1. The van der Waals surface area contributed by atoms with Gasteiger partial charge in [-0.05, 0) is 40.8 Å². The van der Waals surface area contributed by atoms with Crippen LogP contribution in [0, 0.1) is 0 Å². The van der Waals surface area contributed by atoms with Gasteiger partial charge in [0.25, 0.3) is 0 Å². The average molecular weight is 348 g/mol. The van der Waals surface area contributed by atoms with Crippen molar-refractivity contribution in [3.63, 3.8) is 0 Å². The van der Waals surface area contributed by atoms with Crippen LogP contribution in [0.4, 0.5) is 0 Å². The molecule has 0 saturated heterocycles. The minimum absolute atomic E-state index is 0.422. The maximum Gasteiger partial charge on any atom is 0.132 e. The molecule has 1 atom stereocenters. The van der Waals surface area contributed by atoms with E-state index in [1.807, 2.05) is 18.2 Å². The van der Waals surface area contributed by atoms with Crippen LogP contribution in [-0.4, -0.2) is 0 Å². The Morgan fingerprint density at radius 1 is 0.889 bits per heavy atom. The summed E-state index contributed by atoms with van der Waals surface area (Å²) >= 11 is 0. The molecule has 3 aliphatic rings. The Hall–Kier alpha value is -3.32. The summed E-state index contributed by atoms with van der Waals surface area (Å²) in [5.74, 6) is 1.66. The van der Waals surface area contributed by atoms with Crippen LogP contribution in [0.3, 0.4) is 0 Å². The lowest BCUT2D eigenvalue weighted by Gasteiger charge is -2.40. The highest BCUT2D eigenvalue weighted by Crippen LogP contribution is 2.60. The summed E-state index contributed by atoms with van der Waals surface area (Å²) in [7, 11) is 0. The lowest BCUT2D eigenvalue weighted by atomic mass is 9.64. The van der Waals surface area contributed by atoms with Crippen molar-refractivity contribution in [3.8, 4) is 5.75 Å². The van der Waals surface area contributed by atoms with E-state index in [2.05, 4.69) is 73.9 Å². The van der Waals surface area contributed by atoms with Gasteiger partial charge < -0.3 is 4.74 Å². The molecule has 2 aromatic carbocycles. The Morgan fingerprint density at radius 2 is 1.67 bits per heavy atom. The first-order chi connectivity index (χ1) is 13.3. The molecule has 0 saturated carbocycles. The van der Waals surface area contributed by atoms with Crippen LogP contribution < -0.4 is 4.74 Å². The van der Waals surface area contributed by atoms with Crippen molar-refractivity contribution in [2.24, 2.45) is 0 Å². The van der Waals surface area contributed by atoms with Gasteiger partial charge in [0.2, 0.25) is 0 Å². The van der Waals surface area contributed by atoms with Crippen molar-refractivity contribution in [2.75, 3.05) is 0 Å². The van der Waals surface area contributed by atoms with Crippen molar-refractivity contribution in [1.82, 2.24) is 0 Å². The summed E-state index contributed by atoms with van der Waals surface area (Å²) in [6, 6.07) is 17.1. The molecular formula is C26H20O. The van der Waals surface area contributed by atoms with Gasteiger partial charge in [0.15, 0.2) is 0 Å². The van der Waals surface area contributed by atoms with E-state index in [0.717, 1.165) is 29.1 Å². The van der Waals surface area contributed by atoms with Gasteiger partial charge in [-0.3, -0.25) is 0 Å². The molecule has 27 heavy (non-hydrogen) atoms. The normalized spacial score (nSPS) is 22.1. The fourth-order valence-corrected chi connectivity index (χ4v) is 4.81. The minimum Gasteiger partial charge on any atom is -0.457 e. The molecule has 5 rings (SSSR count). The van der Waals surface area contributed by atoms with Crippen LogP contribution in [0.2, 0.25) is 0 Å². The molecule has 0 fully saturated rings. The summed E-state index contributed by atoms with van der Waals surface area (Å²) in [5.41, 5.74) is 7.07. The third-order valence-electron chi connectivity index (χ3n) is 5.79. The zero-order valence-corrected chi connectivity index (χ0v) is 15.1. The zero-order chi connectivity index (χ0) is 18.4. The maximum absolute atomic E-state index is 6.23. The Bertz CT molecular complexity index is 1110. The standard InChI is InChI=1S/C26H20O/c1-3-20-24(4-2)27-25-17-11-10-16-23(25)26(20)21-14-7-5-6-12-18(21)19-13-8-9-15-22(19)26/h3-11,13-17H,1-2,12H2. The maximum atomic E-state index is 6.23. The lowest BCUT2D eigenvalue weighted by Crippen LogP contribution is -2.34. The Labute approximate surface area is 160 Å². The molecule has 1 spiro atoms. The second kappa shape index (κ2) is 5.85. The van der Waals surface area contributed by atoms with Crippen molar-refractivity contribution in [3.05, 3.63) is 132 Å². The highest BCUT2D eigenvalue weighted by atomic mass is 16.5. The van der Waals surface area contributed by atoms with Crippen LogP contribution in [0.25, 0.3) is 5.57 Å². The lowest BCUT2D eigenvalue weighted by molar-refractivity contribution is 0.403. The predicted molar refractivity (Wildman–Crippen MR) is 112 cm³/mol. The molecule has 0 bridgehead atoms. The molecule has 1 heterocycles. The zero-order valence-electron chi connectivity index (χ0n) is 15.1. The third kappa shape index (κ3) is 1.94. The molecule has 1 unspecified atom stereocenters. The van der Waals surface area contributed by atoms with Gasteiger partial charge in [-0.2, -0.15) is 0 Å². The van der Waals surface area contributed by atoms with Crippen LogP contribution in [-0.2, 0) is 5.41 Å². The van der Waals surface area contributed by atoms with Gasteiger partial charge in [-0.15, -0.1) is 0 Å². The molecule has 0 aromatic heterocycles. The van der Waals surface area contributed by atoms with Crippen molar-refractivity contribution in [1.29, 1.82) is 0 Å². The van der Waals surface area contributed by atoms with E-state index in [0.29, 0.717) is 0 Å². The molecule has 130 valence electrons. The number of para-hydroxylation sites is 1. The SMILES string of the molecule is C=CC1=C(C=C)C2(C3=C(CC=CC=C3)c3ccccc32)c2ccccc2O1. The molecule has 1 nitrogen and oxygen atoms in total. The monoisotopic (exact) mass is 348 g/mol. The molecule has 1 aliphatic heterocycles. The molecule has 2 aromatic rings. The molecular weight excluding hydrogens is 328 g/mol. The first-order valence-electron chi connectivity index (χ1n) is 9.26. The predicted octanol–water partition coefficient (Wildman–Crippen LogP) is 6.27. The quantitative estimate of drug-likeness (QED) is 0.621. The number of ether oxygens (including phenoxy) is 1. The fraction of sp³-hybridized carbons (Fsp3) is 0.0769. The number of allylic oxidation sites excluding steroid dienone is 9. The number of hydrogen-bond donors (Lipinski definition) is 0. The second-order valence-corrected chi connectivity index (χ2v) is 6.96. The Morgan fingerprint density at radius 3 is 2.48 bits per heavy atom. The van der Waals surface area contributed by atoms with E-state index in [9.17, 15) is 0 Å². The number of rotatable bonds is 2. The van der Waals surface area contributed by atoms with Crippen LogP contribution in [0.5, 0.6) is 5.75 Å². The first-order valence-corrected chi connectivity index (χ1v) is 9.26. The van der Waals surface area contributed by atoms with Gasteiger partial charge in [-0.25, -0.2) is 0 Å². The van der Waals surface area contributed by atoms with Crippen LogP contribution in [0.15, 0.2) is 115 Å². The highest BCUT2D eigenvalue weighted by molar-refractivity contribution is 5.90. The second-order valence-electron chi connectivity index (χ2n) is 6.96. The summed E-state index contributed by atoms with van der Waals surface area (Å²) in [6.07, 6.45) is 13.4. The van der Waals surface area contributed by atoms with Gasteiger partial charge in [0, 0.05) is 11.1 Å². The van der Waals surface area contributed by atoms with E-state index in [1.54, 1.807) is 6.08 Å². The van der Waals surface area contributed by atoms with Gasteiger partial charge in [-0.1, -0.05) is 86.0 Å². The smallest absolute Gasteiger partial charge is 0.132 e. The summed E-state index contributed by atoms with van der Waals surface area (Å²) in [4.78, 5) is 0. The molecule has 0 N–H and O–H groups in total. The summed E-state index contributed by atoms with van der Waals surface area (Å²) in [5, 5.41) is 0. The van der Waals surface area contributed by atoms with E-state index >= 15 is 0 Å². The summed E-state index contributed by atoms with van der Waals surface area (Å²) < 4.78 is 6.23. The summed E-state index contributed by atoms with van der Waals surface area (Å²) in [6.45, 7) is 8.17.